The van der Waals surface area contributed by atoms with Crippen LogP contribution in [0.1, 0.15) is 29.8 Å². The Bertz CT molecular complexity index is 814. The van der Waals surface area contributed by atoms with Crippen LogP contribution in [0, 0.1) is 0 Å². The molecule has 0 radical (unpaired) electrons. The summed E-state index contributed by atoms with van der Waals surface area (Å²) in [7, 11) is 0. The maximum absolute atomic E-state index is 11.8. The lowest BCUT2D eigenvalue weighted by atomic mass is 10.1. The number of anilines is 1. The van der Waals surface area contributed by atoms with E-state index in [0.29, 0.717) is 50.5 Å². The predicted molar refractivity (Wildman–Crippen MR) is 89.0 cm³/mol. The molecule has 0 aliphatic carbocycles. The fourth-order valence-corrected chi connectivity index (χ4v) is 2.86. The van der Waals surface area contributed by atoms with Crippen LogP contribution in [0.5, 0.6) is 0 Å². The Morgan fingerprint density at radius 2 is 2.12 bits per heavy atom. The first-order valence-electron chi connectivity index (χ1n) is 8.25. The third-order valence-corrected chi connectivity index (χ3v) is 4.17. The van der Waals surface area contributed by atoms with Crippen molar-refractivity contribution >= 4 is 11.7 Å². The van der Waals surface area contributed by atoms with Crippen LogP contribution in [0.15, 0.2) is 4.79 Å². The van der Waals surface area contributed by atoms with Crippen LogP contribution in [0.3, 0.4) is 0 Å². The third-order valence-electron chi connectivity index (χ3n) is 4.17. The quantitative estimate of drug-likeness (QED) is 0.543. The zero-order valence-electron chi connectivity index (χ0n) is 14.0. The van der Waals surface area contributed by atoms with Crippen molar-refractivity contribution in [3.63, 3.8) is 0 Å². The Balaban J connectivity index is 1.83. The summed E-state index contributed by atoms with van der Waals surface area (Å²) in [4.78, 5) is 36.3. The van der Waals surface area contributed by atoms with Gasteiger partial charge in [0.1, 0.15) is 24.1 Å². The first kappa shape index (κ1) is 17.1. The lowest BCUT2D eigenvalue weighted by molar-refractivity contribution is -0.134. The van der Waals surface area contributed by atoms with Crippen LogP contribution in [-0.2, 0) is 30.6 Å². The summed E-state index contributed by atoms with van der Waals surface area (Å²) in [6.45, 7) is 2.85. The number of aryl methyl sites for hydroxylation is 1. The molecule has 0 saturated carbocycles. The highest BCUT2D eigenvalue weighted by Gasteiger charge is 2.22. The fourth-order valence-electron chi connectivity index (χ4n) is 2.86. The zero-order valence-corrected chi connectivity index (χ0v) is 14.0. The van der Waals surface area contributed by atoms with Crippen molar-refractivity contribution in [1.29, 1.82) is 0 Å². The second-order valence-electron chi connectivity index (χ2n) is 5.78. The Kier molecular flexibility index (Phi) is 5.08. The van der Waals surface area contributed by atoms with E-state index in [4.69, 9.17) is 5.11 Å². The summed E-state index contributed by atoms with van der Waals surface area (Å²) in [5, 5.41) is 18.5. The van der Waals surface area contributed by atoms with Crippen LogP contribution in [0.25, 0.3) is 0 Å². The molecule has 25 heavy (non-hydrogen) atoms. The molecule has 1 amide bonds. The molecule has 4 N–H and O–H groups in total. The van der Waals surface area contributed by atoms with Crippen LogP contribution in [-0.4, -0.2) is 60.8 Å². The molecule has 0 fully saturated rings. The summed E-state index contributed by atoms with van der Waals surface area (Å²) in [6.07, 6.45) is 1.91. The van der Waals surface area contributed by atoms with Gasteiger partial charge < -0.3 is 15.3 Å². The monoisotopic (exact) mass is 347 g/mol. The molecule has 3 rings (SSSR count). The lowest BCUT2D eigenvalue weighted by Crippen LogP contribution is -2.35. The van der Waals surface area contributed by atoms with Gasteiger partial charge in [0, 0.05) is 31.5 Å². The smallest absolute Gasteiger partial charge is 0.340 e. The number of hydrogen-bond acceptors (Lipinski definition) is 7. The third kappa shape index (κ3) is 3.85. The van der Waals surface area contributed by atoms with Gasteiger partial charge in [-0.1, -0.05) is 6.92 Å². The van der Waals surface area contributed by atoms with Gasteiger partial charge >= 0.3 is 5.69 Å². The maximum Gasteiger partial charge on any atom is 0.340 e. The number of carbonyl (C=O) groups is 1. The van der Waals surface area contributed by atoms with Gasteiger partial charge in [-0.2, -0.15) is 5.10 Å². The van der Waals surface area contributed by atoms with E-state index in [9.17, 15) is 9.59 Å². The molecule has 1 aliphatic rings. The van der Waals surface area contributed by atoms with Gasteiger partial charge in [0.05, 0.1) is 12.2 Å². The van der Waals surface area contributed by atoms with Gasteiger partial charge in [-0.15, -0.1) is 0 Å². The standard InChI is InChI=1S/C15H21N7O3/c1-2-11-17-10-4-6-22(13(24)8-23)5-3-9(10)14(18-11)16-7-12-19-15(25)21-20-12/h23H,2-8H2,1H3,(H,16,17,18)(H2,19,20,21,25). The van der Waals surface area contributed by atoms with Crippen molar-refractivity contribution in [1.82, 2.24) is 30.0 Å². The fraction of sp³-hybridized carbons (Fsp3) is 0.533. The van der Waals surface area contributed by atoms with Gasteiger partial charge in [0.2, 0.25) is 5.91 Å². The number of nitrogens with one attached hydrogen (secondary N) is 3. The van der Waals surface area contributed by atoms with E-state index in [2.05, 4.69) is 30.5 Å². The molecular weight excluding hydrogens is 326 g/mol. The highest BCUT2D eigenvalue weighted by Crippen LogP contribution is 2.22. The van der Waals surface area contributed by atoms with Gasteiger partial charge in [-0.3, -0.25) is 9.78 Å². The van der Waals surface area contributed by atoms with Crippen molar-refractivity contribution in [2.45, 2.75) is 32.7 Å². The van der Waals surface area contributed by atoms with Crippen molar-refractivity contribution in [2.75, 3.05) is 25.0 Å². The molecule has 10 heteroatoms. The molecule has 0 unspecified atom stereocenters. The van der Waals surface area contributed by atoms with Crippen LogP contribution >= 0.6 is 0 Å². The number of aromatic nitrogens is 5. The van der Waals surface area contributed by atoms with E-state index in [-0.39, 0.29) is 11.6 Å². The number of H-pyrrole nitrogens is 2. The number of nitrogens with zero attached hydrogens (tertiary/aromatic N) is 4. The summed E-state index contributed by atoms with van der Waals surface area (Å²) >= 11 is 0. The molecule has 1 aliphatic heterocycles. The summed E-state index contributed by atoms with van der Waals surface area (Å²) in [6, 6.07) is 0. The van der Waals surface area contributed by atoms with Gasteiger partial charge in [0.25, 0.3) is 0 Å². The normalized spacial score (nSPS) is 14.1. The number of aromatic amines is 2. The minimum atomic E-state index is -0.486. The van der Waals surface area contributed by atoms with Crippen molar-refractivity contribution in [2.24, 2.45) is 0 Å². The second-order valence-corrected chi connectivity index (χ2v) is 5.78. The average molecular weight is 347 g/mol. The highest BCUT2D eigenvalue weighted by molar-refractivity contribution is 5.77. The molecule has 10 nitrogen and oxygen atoms in total. The Hall–Kier alpha value is -2.75. The number of amides is 1. The summed E-state index contributed by atoms with van der Waals surface area (Å²) in [5.74, 6) is 1.63. The molecule has 2 aromatic rings. The Morgan fingerprint density at radius 1 is 1.32 bits per heavy atom. The molecule has 0 atom stereocenters. The van der Waals surface area contributed by atoms with E-state index in [0.717, 1.165) is 17.1 Å². The van der Waals surface area contributed by atoms with Gasteiger partial charge in [0.15, 0.2) is 0 Å². The number of carbonyl (C=O) groups excluding carboxylic acids is 1. The van der Waals surface area contributed by atoms with Crippen molar-refractivity contribution in [3.05, 3.63) is 33.4 Å². The molecule has 0 saturated heterocycles. The van der Waals surface area contributed by atoms with Crippen molar-refractivity contribution < 1.29 is 9.90 Å². The molecule has 0 aromatic carbocycles. The molecule has 2 aromatic heterocycles. The van der Waals surface area contributed by atoms with Crippen LogP contribution in [0.4, 0.5) is 5.82 Å². The summed E-state index contributed by atoms with van der Waals surface area (Å²) in [5.41, 5.74) is 1.52. The van der Waals surface area contributed by atoms with Crippen LogP contribution in [0.2, 0.25) is 0 Å². The van der Waals surface area contributed by atoms with E-state index in [1.165, 1.54) is 0 Å². The summed E-state index contributed by atoms with van der Waals surface area (Å²) < 4.78 is 0. The number of aliphatic hydroxyl groups excluding tert-OH is 1. The molecule has 0 spiro atoms. The molecule has 0 bridgehead atoms. The maximum atomic E-state index is 11.8. The number of fused-ring (bicyclic) bond motifs is 1. The van der Waals surface area contributed by atoms with Gasteiger partial charge in [-0.25, -0.2) is 19.9 Å². The van der Waals surface area contributed by atoms with E-state index >= 15 is 0 Å². The van der Waals surface area contributed by atoms with E-state index in [1.54, 1.807) is 4.90 Å². The second kappa shape index (κ2) is 7.43. The molecule has 3 heterocycles. The highest BCUT2D eigenvalue weighted by atomic mass is 16.3. The SMILES string of the molecule is CCc1nc2c(c(NCc3n[nH]c(=O)[nH]3)n1)CCN(C(=O)CO)CC2. The number of aliphatic hydroxyl groups is 1. The average Bonchev–Trinajstić information content (AvgIpc) is 2.92. The Morgan fingerprint density at radius 3 is 2.80 bits per heavy atom. The predicted octanol–water partition coefficient (Wildman–Crippen LogP) is -1.02. The number of rotatable bonds is 5. The van der Waals surface area contributed by atoms with E-state index in [1.807, 2.05) is 6.92 Å². The van der Waals surface area contributed by atoms with E-state index < -0.39 is 6.61 Å². The topological polar surface area (TPSA) is 140 Å². The number of hydrogen-bond donors (Lipinski definition) is 4. The van der Waals surface area contributed by atoms with Crippen LogP contribution < -0.4 is 11.0 Å². The zero-order chi connectivity index (χ0) is 17.8. The Labute approximate surface area is 143 Å². The lowest BCUT2D eigenvalue weighted by Gasteiger charge is -2.18. The van der Waals surface area contributed by atoms with Gasteiger partial charge in [-0.05, 0) is 6.42 Å². The largest absolute Gasteiger partial charge is 0.387 e. The first-order valence-corrected chi connectivity index (χ1v) is 8.25. The molecular formula is C15H21N7O3. The van der Waals surface area contributed by atoms with Crippen molar-refractivity contribution in [3.8, 4) is 0 Å². The minimum absolute atomic E-state index is 0.278. The first-order chi connectivity index (χ1) is 12.1. The minimum Gasteiger partial charge on any atom is -0.387 e. The molecule has 134 valence electrons.